The summed E-state index contributed by atoms with van der Waals surface area (Å²) < 4.78 is 0. The molecule has 0 aliphatic carbocycles. The summed E-state index contributed by atoms with van der Waals surface area (Å²) in [7, 11) is 4.20. The van der Waals surface area contributed by atoms with Crippen molar-refractivity contribution in [2.24, 2.45) is 0 Å². The van der Waals surface area contributed by atoms with Crippen molar-refractivity contribution in [3.63, 3.8) is 0 Å². The zero-order valence-electron chi connectivity index (χ0n) is 11.5. The molecule has 1 aliphatic heterocycles. The van der Waals surface area contributed by atoms with Gasteiger partial charge in [-0.2, -0.15) is 0 Å². The van der Waals surface area contributed by atoms with Crippen LogP contribution in [0.2, 0.25) is 0 Å². The van der Waals surface area contributed by atoms with Crippen molar-refractivity contribution < 1.29 is 4.79 Å². The fraction of sp³-hybridized carbons (Fsp3) is 0.188. The lowest BCUT2D eigenvalue weighted by Crippen LogP contribution is -2.30. The first kappa shape index (κ1) is 14.6. The van der Waals surface area contributed by atoms with Gasteiger partial charge in [-0.1, -0.05) is 36.4 Å². The molecule has 2 aromatic rings. The summed E-state index contributed by atoms with van der Waals surface area (Å²) in [5.41, 5.74) is 4.36. The van der Waals surface area contributed by atoms with E-state index < -0.39 is 0 Å². The van der Waals surface area contributed by atoms with Gasteiger partial charge in [-0.05, 0) is 17.7 Å². The second-order valence-corrected chi connectivity index (χ2v) is 4.87. The molecule has 20 heavy (non-hydrogen) atoms. The third kappa shape index (κ3) is 2.20. The maximum atomic E-state index is 10.7. The maximum Gasteiger partial charge on any atom is 0.150 e. The largest absolute Gasteiger partial charge is 0.349 e. The number of carbonyl (C=O) groups excluding carboxylic acids is 1. The zero-order chi connectivity index (χ0) is 13.4. The average molecular weight is 333 g/mol. The van der Waals surface area contributed by atoms with E-state index in [0.717, 1.165) is 6.29 Å². The van der Waals surface area contributed by atoms with Gasteiger partial charge in [0.25, 0.3) is 0 Å². The number of fused-ring (bicyclic) bond motifs is 1. The van der Waals surface area contributed by atoms with Crippen LogP contribution in [-0.4, -0.2) is 20.4 Å². The van der Waals surface area contributed by atoms with Gasteiger partial charge in [0.2, 0.25) is 0 Å². The standard InChI is InChI=1S/C16H16N2O.BrH/c1-17-14-5-3-4-6-15(14)18(2)16(17)13-9-7-12(11-19)8-10-13;/h3-11,16H,1-2H3;1H. The molecule has 0 radical (unpaired) electrons. The molecule has 0 saturated heterocycles. The van der Waals surface area contributed by atoms with Crippen LogP contribution in [0.25, 0.3) is 0 Å². The van der Waals surface area contributed by atoms with Gasteiger partial charge in [-0.3, -0.25) is 4.79 Å². The van der Waals surface area contributed by atoms with Crippen LogP contribution < -0.4 is 9.80 Å². The summed E-state index contributed by atoms with van der Waals surface area (Å²) in [5.74, 6) is 0. The first-order chi connectivity index (χ1) is 9.22. The summed E-state index contributed by atoms with van der Waals surface area (Å²) in [4.78, 5) is 15.2. The molecule has 0 fully saturated rings. The number of hydrogen-bond donors (Lipinski definition) is 0. The zero-order valence-corrected chi connectivity index (χ0v) is 13.2. The Labute approximate surface area is 129 Å². The number of carbonyl (C=O) groups is 1. The number of rotatable bonds is 2. The van der Waals surface area contributed by atoms with Gasteiger partial charge in [0.15, 0.2) is 0 Å². The lowest BCUT2D eigenvalue weighted by atomic mass is 10.1. The molecular formula is C16H17BrN2O. The molecule has 0 bridgehead atoms. The Morgan fingerprint density at radius 1 is 0.900 bits per heavy atom. The van der Waals surface area contributed by atoms with Crippen LogP contribution >= 0.6 is 17.0 Å². The van der Waals surface area contributed by atoms with Crippen molar-refractivity contribution in [1.29, 1.82) is 0 Å². The fourth-order valence-electron chi connectivity index (χ4n) is 2.78. The van der Waals surface area contributed by atoms with Gasteiger partial charge < -0.3 is 9.80 Å². The highest BCUT2D eigenvalue weighted by Crippen LogP contribution is 2.43. The second-order valence-electron chi connectivity index (χ2n) is 4.87. The third-order valence-corrected chi connectivity index (χ3v) is 3.75. The monoisotopic (exact) mass is 332 g/mol. The minimum absolute atomic E-state index is 0. The van der Waals surface area contributed by atoms with Crippen molar-refractivity contribution in [3.8, 4) is 0 Å². The van der Waals surface area contributed by atoms with E-state index in [9.17, 15) is 4.79 Å². The Kier molecular flexibility index (Phi) is 4.14. The minimum atomic E-state index is 0. The molecule has 4 heteroatoms. The highest BCUT2D eigenvalue weighted by Gasteiger charge is 2.31. The van der Waals surface area contributed by atoms with Gasteiger partial charge in [0.1, 0.15) is 12.5 Å². The molecule has 0 saturated carbocycles. The van der Waals surface area contributed by atoms with E-state index in [4.69, 9.17) is 0 Å². The Hall–Kier alpha value is -1.81. The molecule has 3 nitrogen and oxygen atoms in total. The van der Waals surface area contributed by atoms with Crippen molar-refractivity contribution >= 4 is 34.6 Å². The van der Waals surface area contributed by atoms with Crippen LogP contribution in [-0.2, 0) is 0 Å². The van der Waals surface area contributed by atoms with Gasteiger partial charge in [-0.15, -0.1) is 17.0 Å². The minimum Gasteiger partial charge on any atom is -0.349 e. The van der Waals surface area contributed by atoms with Gasteiger partial charge in [-0.25, -0.2) is 0 Å². The first-order valence-corrected chi connectivity index (χ1v) is 6.32. The molecule has 0 N–H and O–H groups in total. The van der Waals surface area contributed by atoms with Crippen molar-refractivity contribution in [2.45, 2.75) is 6.17 Å². The molecule has 1 aliphatic rings. The van der Waals surface area contributed by atoms with E-state index in [1.165, 1.54) is 16.9 Å². The molecule has 0 atom stereocenters. The van der Waals surface area contributed by atoms with Gasteiger partial charge in [0.05, 0.1) is 11.4 Å². The van der Waals surface area contributed by atoms with E-state index in [0.29, 0.717) is 5.56 Å². The number of anilines is 2. The molecule has 0 amide bonds. The Morgan fingerprint density at radius 2 is 1.40 bits per heavy atom. The normalized spacial score (nSPS) is 13.9. The summed E-state index contributed by atoms with van der Waals surface area (Å²) in [6, 6.07) is 16.2. The second kappa shape index (κ2) is 5.67. The molecule has 0 unspecified atom stereocenters. The van der Waals surface area contributed by atoms with E-state index in [1.807, 2.05) is 24.3 Å². The topological polar surface area (TPSA) is 23.6 Å². The number of benzene rings is 2. The maximum absolute atomic E-state index is 10.7. The van der Waals surface area contributed by atoms with Gasteiger partial charge >= 0.3 is 0 Å². The molecule has 1 heterocycles. The third-order valence-electron chi connectivity index (χ3n) is 3.75. The summed E-state index contributed by atoms with van der Waals surface area (Å²) >= 11 is 0. The van der Waals surface area contributed by atoms with Gasteiger partial charge in [0, 0.05) is 19.7 Å². The van der Waals surface area contributed by atoms with E-state index in [-0.39, 0.29) is 23.1 Å². The van der Waals surface area contributed by atoms with Crippen molar-refractivity contribution in [2.75, 3.05) is 23.9 Å². The molecule has 104 valence electrons. The molecule has 0 spiro atoms. The predicted molar refractivity (Wildman–Crippen MR) is 88.1 cm³/mol. The summed E-state index contributed by atoms with van der Waals surface area (Å²) in [6.45, 7) is 0. The lowest BCUT2D eigenvalue weighted by Gasteiger charge is -2.28. The van der Waals surface area contributed by atoms with Crippen LogP contribution in [0.4, 0.5) is 11.4 Å². The highest BCUT2D eigenvalue weighted by molar-refractivity contribution is 8.93. The number of hydrogen-bond acceptors (Lipinski definition) is 3. The number of halogens is 1. The van der Waals surface area contributed by atoms with Crippen molar-refractivity contribution in [1.82, 2.24) is 0 Å². The van der Waals surface area contributed by atoms with Crippen LogP contribution in [0, 0.1) is 0 Å². The van der Waals surface area contributed by atoms with Crippen molar-refractivity contribution in [3.05, 3.63) is 59.7 Å². The van der Waals surface area contributed by atoms with Crippen LogP contribution in [0.1, 0.15) is 22.1 Å². The van der Waals surface area contributed by atoms with Crippen LogP contribution in [0.5, 0.6) is 0 Å². The SMILES string of the molecule is Br.CN1c2ccccc2N(C)C1c1ccc(C=O)cc1. The summed E-state index contributed by atoms with van der Waals surface area (Å²) in [5, 5.41) is 0. The Balaban J connectivity index is 0.00000147. The number of nitrogens with zero attached hydrogens (tertiary/aromatic N) is 2. The highest BCUT2D eigenvalue weighted by atomic mass is 79.9. The first-order valence-electron chi connectivity index (χ1n) is 6.32. The molecular weight excluding hydrogens is 316 g/mol. The van der Waals surface area contributed by atoms with Crippen LogP contribution in [0.15, 0.2) is 48.5 Å². The Bertz CT molecular complexity index is 583. The molecule has 3 rings (SSSR count). The fourth-order valence-corrected chi connectivity index (χ4v) is 2.78. The predicted octanol–water partition coefficient (Wildman–Crippen LogP) is 3.66. The van der Waals surface area contributed by atoms with E-state index >= 15 is 0 Å². The number of para-hydroxylation sites is 2. The van der Waals surface area contributed by atoms with E-state index in [2.05, 4.69) is 48.2 Å². The molecule has 2 aromatic carbocycles. The quantitative estimate of drug-likeness (QED) is 0.784. The number of aldehydes is 1. The average Bonchev–Trinajstić information content (AvgIpc) is 2.72. The van der Waals surface area contributed by atoms with Crippen LogP contribution in [0.3, 0.4) is 0 Å². The summed E-state index contributed by atoms with van der Waals surface area (Å²) in [6.07, 6.45) is 1.05. The smallest absolute Gasteiger partial charge is 0.150 e. The van der Waals surface area contributed by atoms with E-state index in [1.54, 1.807) is 0 Å². The Morgan fingerprint density at radius 3 is 1.85 bits per heavy atom. The molecule has 0 aromatic heterocycles. The lowest BCUT2D eigenvalue weighted by molar-refractivity contribution is 0.112.